The Kier molecular flexibility index (Phi) is 5.53. The molecule has 1 N–H and O–H groups in total. The summed E-state index contributed by atoms with van der Waals surface area (Å²) in [6, 6.07) is 9.88. The normalized spacial score (nSPS) is 18.9. The maximum atomic E-state index is 13.4. The number of rotatable bonds is 2. The highest BCUT2D eigenvalue weighted by atomic mass is 32.1. The van der Waals surface area contributed by atoms with E-state index in [0.29, 0.717) is 5.69 Å². The summed E-state index contributed by atoms with van der Waals surface area (Å²) >= 11 is 5.35. The molecule has 2 amide bonds. The minimum absolute atomic E-state index is 0.0657. The van der Waals surface area contributed by atoms with Crippen LogP contribution >= 0.6 is 12.2 Å². The van der Waals surface area contributed by atoms with Crippen molar-refractivity contribution >= 4 is 52.2 Å². The number of hydrogen-bond acceptors (Lipinski definition) is 4. The second-order valence-corrected chi connectivity index (χ2v) is 9.88. The molecule has 0 atom stereocenters. The van der Waals surface area contributed by atoms with Crippen LogP contribution in [0.4, 0.5) is 11.4 Å². The summed E-state index contributed by atoms with van der Waals surface area (Å²) in [5.74, 6) is -0.901. The third-order valence-corrected chi connectivity index (χ3v) is 7.04. The first-order valence-electron chi connectivity index (χ1n) is 11.0. The Hall–Kier alpha value is -3.25. The molecule has 2 aromatic rings. The van der Waals surface area contributed by atoms with Crippen molar-refractivity contribution in [1.29, 1.82) is 0 Å². The second-order valence-electron chi connectivity index (χ2n) is 9.49. The number of thiocarbonyl (C=S) groups is 1. The SMILES string of the molecule is CC1=CC(C)(C)N(C)c2cc(C)c(/C=C3/C(=O)NC(=S)N(c4ccc(C)c(C)c4)C3=O)cc21. The van der Waals surface area contributed by atoms with Crippen LogP contribution in [-0.4, -0.2) is 29.5 Å². The van der Waals surface area contributed by atoms with Crippen LogP contribution in [0.2, 0.25) is 0 Å². The third kappa shape index (κ3) is 3.89. The van der Waals surface area contributed by atoms with Crippen LogP contribution < -0.4 is 15.1 Å². The fourth-order valence-corrected chi connectivity index (χ4v) is 4.67. The van der Waals surface area contributed by atoms with E-state index in [1.54, 1.807) is 6.08 Å². The van der Waals surface area contributed by atoms with E-state index >= 15 is 0 Å². The highest BCUT2D eigenvalue weighted by Gasteiger charge is 2.35. The van der Waals surface area contributed by atoms with E-state index in [4.69, 9.17) is 12.2 Å². The van der Waals surface area contributed by atoms with Gasteiger partial charge in [0.25, 0.3) is 11.8 Å². The second kappa shape index (κ2) is 7.96. The largest absolute Gasteiger partial charge is 0.365 e. The van der Waals surface area contributed by atoms with Gasteiger partial charge in [0.05, 0.1) is 11.2 Å². The molecule has 1 fully saturated rings. The van der Waals surface area contributed by atoms with E-state index < -0.39 is 11.8 Å². The number of allylic oxidation sites excluding steroid dienone is 1. The average Bonchev–Trinajstić information content (AvgIpc) is 2.72. The first kappa shape index (κ1) is 22.9. The Morgan fingerprint density at radius 3 is 2.33 bits per heavy atom. The monoisotopic (exact) mass is 459 g/mol. The van der Waals surface area contributed by atoms with E-state index in [1.807, 2.05) is 39.0 Å². The summed E-state index contributed by atoms with van der Waals surface area (Å²) in [6.07, 6.45) is 3.91. The van der Waals surface area contributed by atoms with Gasteiger partial charge in [0, 0.05) is 18.3 Å². The molecule has 0 unspecified atom stereocenters. The van der Waals surface area contributed by atoms with E-state index in [1.165, 1.54) is 10.5 Å². The Bertz CT molecular complexity index is 1290. The first-order chi connectivity index (χ1) is 15.4. The fraction of sp³-hybridized carbons (Fsp3) is 0.296. The molecule has 1 saturated heterocycles. The number of nitrogens with one attached hydrogen (secondary N) is 1. The summed E-state index contributed by atoms with van der Waals surface area (Å²) in [5.41, 5.74) is 8.01. The predicted octanol–water partition coefficient (Wildman–Crippen LogP) is 5.07. The van der Waals surface area contributed by atoms with Gasteiger partial charge in [-0.25, -0.2) is 0 Å². The minimum atomic E-state index is -0.479. The summed E-state index contributed by atoms with van der Waals surface area (Å²) < 4.78 is 0. The smallest absolute Gasteiger partial charge is 0.270 e. The maximum Gasteiger partial charge on any atom is 0.270 e. The lowest BCUT2D eigenvalue weighted by molar-refractivity contribution is -0.122. The van der Waals surface area contributed by atoms with Crippen LogP contribution in [0.1, 0.15) is 48.6 Å². The van der Waals surface area contributed by atoms with Crippen LogP contribution in [0.25, 0.3) is 11.6 Å². The van der Waals surface area contributed by atoms with Crippen molar-refractivity contribution in [2.75, 3.05) is 16.8 Å². The van der Waals surface area contributed by atoms with Gasteiger partial charge in [0.2, 0.25) is 0 Å². The topological polar surface area (TPSA) is 52.7 Å². The Morgan fingerprint density at radius 1 is 0.970 bits per heavy atom. The molecule has 2 aliphatic heterocycles. The van der Waals surface area contributed by atoms with Crippen molar-refractivity contribution in [3.63, 3.8) is 0 Å². The quantitative estimate of drug-likeness (QED) is 0.387. The van der Waals surface area contributed by atoms with Crippen molar-refractivity contribution < 1.29 is 9.59 Å². The van der Waals surface area contributed by atoms with Crippen LogP contribution in [0.3, 0.4) is 0 Å². The zero-order valence-corrected chi connectivity index (χ0v) is 21.0. The molecular weight excluding hydrogens is 430 g/mol. The summed E-state index contributed by atoms with van der Waals surface area (Å²) in [7, 11) is 2.08. The van der Waals surface area contributed by atoms with Gasteiger partial charge in [-0.3, -0.25) is 19.8 Å². The van der Waals surface area contributed by atoms with Gasteiger partial charge in [-0.15, -0.1) is 0 Å². The molecule has 0 aliphatic carbocycles. The van der Waals surface area contributed by atoms with Crippen molar-refractivity contribution in [3.05, 3.63) is 69.8 Å². The minimum Gasteiger partial charge on any atom is -0.365 e. The molecule has 4 rings (SSSR count). The number of fused-ring (bicyclic) bond motifs is 1. The molecule has 0 spiro atoms. The van der Waals surface area contributed by atoms with Crippen molar-refractivity contribution in [2.24, 2.45) is 0 Å². The van der Waals surface area contributed by atoms with Gasteiger partial charge in [-0.05, 0) is 112 Å². The van der Waals surface area contributed by atoms with Crippen LogP contribution in [0.5, 0.6) is 0 Å². The lowest BCUT2D eigenvalue weighted by Crippen LogP contribution is -2.54. The molecule has 2 heterocycles. The number of aryl methyl sites for hydroxylation is 3. The molecule has 0 saturated carbocycles. The lowest BCUT2D eigenvalue weighted by atomic mass is 9.87. The number of amides is 2. The average molecular weight is 460 g/mol. The maximum absolute atomic E-state index is 13.4. The number of carbonyl (C=O) groups excluding carboxylic acids is 2. The van der Waals surface area contributed by atoms with Gasteiger partial charge >= 0.3 is 0 Å². The number of anilines is 2. The zero-order valence-electron chi connectivity index (χ0n) is 20.2. The summed E-state index contributed by atoms with van der Waals surface area (Å²) in [4.78, 5) is 29.9. The molecule has 5 nitrogen and oxygen atoms in total. The molecule has 33 heavy (non-hydrogen) atoms. The van der Waals surface area contributed by atoms with Gasteiger partial charge in [-0.2, -0.15) is 0 Å². The van der Waals surface area contributed by atoms with E-state index in [9.17, 15) is 9.59 Å². The molecule has 0 bridgehead atoms. The molecule has 6 heteroatoms. The number of carbonyl (C=O) groups is 2. The number of likely N-dealkylation sites (N-methyl/N-ethyl adjacent to an activating group) is 1. The van der Waals surface area contributed by atoms with Crippen molar-refractivity contribution in [3.8, 4) is 0 Å². The standard InChI is InChI=1S/C27H29N3O2S/c1-15-8-9-20(10-16(15)2)30-25(32)22(24(31)28-26(30)33)13-19-12-21-18(4)14-27(5,6)29(7)23(21)11-17(19)3/h8-14H,1-7H3,(H,28,31,33)/b22-13-. The van der Waals surface area contributed by atoms with Crippen LogP contribution in [0, 0.1) is 20.8 Å². The zero-order chi connectivity index (χ0) is 24.2. The number of benzene rings is 2. The predicted molar refractivity (Wildman–Crippen MR) is 139 cm³/mol. The highest BCUT2D eigenvalue weighted by molar-refractivity contribution is 7.80. The molecule has 170 valence electrons. The van der Waals surface area contributed by atoms with E-state index in [2.05, 4.69) is 56.2 Å². The molecule has 0 radical (unpaired) electrons. The number of nitrogens with zero attached hydrogens (tertiary/aromatic N) is 2. The van der Waals surface area contributed by atoms with E-state index in [-0.39, 0.29) is 16.2 Å². The van der Waals surface area contributed by atoms with Crippen LogP contribution in [-0.2, 0) is 9.59 Å². The van der Waals surface area contributed by atoms with Crippen LogP contribution in [0.15, 0.2) is 42.0 Å². The molecule has 2 aliphatic rings. The molecular formula is C27H29N3O2S. The number of hydrogen-bond donors (Lipinski definition) is 1. The molecule has 0 aromatic heterocycles. The van der Waals surface area contributed by atoms with E-state index in [0.717, 1.165) is 33.5 Å². The Labute approximate surface area is 200 Å². The fourth-order valence-electron chi connectivity index (χ4n) is 4.39. The Balaban J connectivity index is 1.79. The van der Waals surface area contributed by atoms with Crippen molar-refractivity contribution in [2.45, 2.75) is 47.1 Å². The summed E-state index contributed by atoms with van der Waals surface area (Å²) in [6.45, 7) is 12.4. The third-order valence-electron chi connectivity index (χ3n) is 6.75. The van der Waals surface area contributed by atoms with Gasteiger partial charge < -0.3 is 4.90 Å². The van der Waals surface area contributed by atoms with Gasteiger partial charge in [-0.1, -0.05) is 12.1 Å². The highest BCUT2D eigenvalue weighted by Crippen LogP contribution is 2.39. The Morgan fingerprint density at radius 2 is 1.67 bits per heavy atom. The van der Waals surface area contributed by atoms with Gasteiger partial charge in [0.1, 0.15) is 5.57 Å². The first-order valence-corrected chi connectivity index (χ1v) is 11.4. The molecule has 2 aromatic carbocycles. The van der Waals surface area contributed by atoms with Crippen molar-refractivity contribution in [1.82, 2.24) is 5.32 Å². The van der Waals surface area contributed by atoms with Gasteiger partial charge in [0.15, 0.2) is 5.11 Å². The lowest BCUT2D eigenvalue weighted by Gasteiger charge is -2.41. The summed E-state index contributed by atoms with van der Waals surface area (Å²) in [5, 5.41) is 2.77.